The second kappa shape index (κ2) is 4.93. The Kier molecular flexibility index (Phi) is 3.80. The van der Waals surface area contributed by atoms with Gasteiger partial charge in [0.05, 0.1) is 6.33 Å². The quantitative estimate of drug-likeness (QED) is 0.716. The highest BCUT2D eigenvalue weighted by Crippen LogP contribution is 1.95. The highest BCUT2D eigenvalue weighted by molar-refractivity contribution is 4.94. The largest absolute Gasteiger partial charge is 0.348 e. The van der Waals surface area contributed by atoms with Crippen molar-refractivity contribution in [3.63, 3.8) is 0 Å². The summed E-state index contributed by atoms with van der Waals surface area (Å²) < 4.78 is 0. The van der Waals surface area contributed by atoms with E-state index in [-0.39, 0.29) is 0 Å². The third-order valence-electron chi connectivity index (χ3n) is 2.15. The smallest absolute Gasteiger partial charge is 0.0921 e. The highest BCUT2D eigenvalue weighted by atomic mass is 15.1. The lowest BCUT2D eigenvalue weighted by Crippen LogP contribution is -2.25. The number of imidazole rings is 1. The number of hydrogen-bond acceptors (Lipinski definition) is 2. The van der Waals surface area contributed by atoms with E-state index in [1.807, 2.05) is 6.20 Å². The van der Waals surface area contributed by atoms with Gasteiger partial charge in [0, 0.05) is 24.9 Å². The van der Waals surface area contributed by atoms with Gasteiger partial charge in [0.25, 0.3) is 0 Å². The summed E-state index contributed by atoms with van der Waals surface area (Å²) in [6, 6.07) is 0. The van der Waals surface area contributed by atoms with Crippen LogP contribution in [0.1, 0.15) is 19.5 Å². The first-order valence-electron chi connectivity index (χ1n) is 4.56. The van der Waals surface area contributed by atoms with Crippen molar-refractivity contribution in [3.8, 4) is 0 Å². The topological polar surface area (TPSA) is 31.9 Å². The molecule has 0 radical (unpaired) electrons. The summed E-state index contributed by atoms with van der Waals surface area (Å²) in [6.45, 7) is 7.76. The maximum atomic E-state index is 3.98. The average Bonchev–Trinajstić information content (AvgIpc) is 2.59. The fourth-order valence-corrected chi connectivity index (χ4v) is 1.24. The zero-order chi connectivity index (χ0) is 8.81. The molecule has 1 rings (SSSR count). The maximum absolute atomic E-state index is 3.98. The van der Waals surface area contributed by atoms with Crippen LogP contribution in [0.3, 0.4) is 0 Å². The predicted molar refractivity (Wildman–Crippen MR) is 50.1 cm³/mol. The number of nitrogens with one attached hydrogen (secondary N) is 1. The lowest BCUT2D eigenvalue weighted by atomic mass is 10.3. The zero-order valence-corrected chi connectivity index (χ0v) is 7.88. The van der Waals surface area contributed by atoms with Crippen LogP contribution in [0.25, 0.3) is 0 Å². The van der Waals surface area contributed by atoms with Crippen molar-refractivity contribution in [3.05, 3.63) is 18.2 Å². The molecular formula is C9H17N3. The Morgan fingerprint density at radius 1 is 1.42 bits per heavy atom. The van der Waals surface area contributed by atoms with Crippen LogP contribution < -0.4 is 0 Å². The Balaban J connectivity index is 2.25. The van der Waals surface area contributed by atoms with Gasteiger partial charge in [-0.1, -0.05) is 13.8 Å². The lowest BCUT2D eigenvalue weighted by Gasteiger charge is -2.16. The minimum atomic E-state index is 1.07. The van der Waals surface area contributed by atoms with E-state index in [0.717, 1.165) is 26.1 Å². The number of aromatic nitrogens is 2. The van der Waals surface area contributed by atoms with Gasteiger partial charge in [-0.25, -0.2) is 4.98 Å². The van der Waals surface area contributed by atoms with E-state index in [0.29, 0.717) is 0 Å². The number of H-pyrrole nitrogens is 1. The second-order valence-corrected chi connectivity index (χ2v) is 2.85. The van der Waals surface area contributed by atoms with Crippen molar-refractivity contribution in [2.24, 2.45) is 0 Å². The molecule has 12 heavy (non-hydrogen) atoms. The normalized spacial score (nSPS) is 10.9. The molecule has 0 unspecified atom stereocenters. The predicted octanol–water partition coefficient (Wildman–Crippen LogP) is 1.29. The fourth-order valence-electron chi connectivity index (χ4n) is 1.24. The summed E-state index contributed by atoms with van der Waals surface area (Å²) in [6.07, 6.45) is 4.70. The summed E-state index contributed by atoms with van der Waals surface area (Å²) in [5.74, 6) is 0. The molecule has 0 saturated heterocycles. The zero-order valence-electron chi connectivity index (χ0n) is 7.88. The molecule has 1 heterocycles. The van der Waals surface area contributed by atoms with Crippen LogP contribution in [0, 0.1) is 0 Å². The van der Waals surface area contributed by atoms with Crippen LogP contribution in [-0.4, -0.2) is 34.5 Å². The van der Waals surface area contributed by atoms with Gasteiger partial charge < -0.3 is 9.88 Å². The van der Waals surface area contributed by atoms with Gasteiger partial charge in [-0.2, -0.15) is 0 Å². The number of hydrogen-bond donors (Lipinski definition) is 1. The highest BCUT2D eigenvalue weighted by Gasteiger charge is 1.99. The van der Waals surface area contributed by atoms with Crippen molar-refractivity contribution >= 4 is 0 Å². The standard InChI is InChI=1S/C9H17N3/c1-3-12(4-2)6-5-9-7-10-8-11-9/h7-8H,3-6H2,1-2H3,(H,10,11). The Hall–Kier alpha value is -0.830. The molecule has 1 aromatic rings. The Morgan fingerprint density at radius 2 is 2.17 bits per heavy atom. The first-order chi connectivity index (χ1) is 5.86. The van der Waals surface area contributed by atoms with Gasteiger partial charge in [0.15, 0.2) is 0 Å². The van der Waals surface area contributed by atoms with Crippen LogP contribution in [0.5, 0.6) is 0 Å². The van der Waals surface area contributed by atoms with Gasteiger partial charge in [-0.15, -0.1) is 0 Å². The van der Waals surface area contributed by atoms with Crippen molar-refractivity contribution in [2.75, 3.05) is 19.6 Å². The molecule has 0 saturated carbocycles. The Bertz CT molecular complexity index is 190. The van der Waals surface area contributed by atoms with E-state index < -0.39 is 0 Å². The van der Waals surface area contributed by atoms with Crippen LogP contribution >= 0.6 is 0 Å². The van der Waals surface area contributed by atoms with Gasteiger partial charge in [0.2, 0.25) is 0 Å². The molecule has 0 aromatic carbocycles. The summed E-state index contributed by atoms with van der Waals surface area (Å²) in [5.41, 5.74) is 1.22. The van der Waals surface area contributed by atoms with Gasteiger partial charge in [-0.05, 0) is 13.1 Å². The maximum Gasteiger partial charge on any atom is 0.0921 e. The van der Waals surface area contributed by atoms with E-state index in [9.17, 15) is 0 Å². The van der Waals surface area contributed by atoms with E-state index in [1.165, 1.54) is 5.69 Å². The van der Waals surface area contributed by atoms with Gasteiger partial charge in [0.1, 0.15) is 0 Å². The summed E-state index contributed by atoms with van der Waals surface area (Å²) >= 11 is 0. The molecule has 0 bridgehead atoms. The Labute approximate surface area is 73.8 Å². The molecule has 0 fully saturated rings. The number of rotatable bonds is 5. The van der Waals surface area contributed by atoms with Gasteiger partial charge in [-0.3, -0.25) is 0 Å². The van der Waals surface area contributed by atoms with Crippen molar-refractivity contribution < 1.29 is 0 Å². The molecule has 1 aromatic heterocycles. The second-order valence-electron chi connectivity index (χ2n) is 2.85. The van der Waals surface area contributed by atoms with Gasteiger partial charge >= 0.3 is 0 Å². The monoisotopic (exact) mass is 167 g/mol. The van der Waals surface area contributed by atoms with Crippen molar-refractivity contribution in [1.29, 1.82) is 0 Å². The summed E-state index contributed by atoms with van der Waals surface area (Å²) in [4.78, 5) is 9.48. The molecule has 0 aliphatic carbocycles. The van der Waals surface area contributed by atoms with Crippen molar-refractivity contribution in [2.45, 2.75) is 20.3 Å². The number of aromatic amines is 1. The third kappa shape index (κ3) is 2.66. The molecule has 68 valence electrons. The van der Waals surface area contributed by atoms with E-state index in [4.69, 9.17) is 0 Å². The summed E-state index contributed by atoms with van der Waals surface area (Å²) in [7, 11) is 0. The van der Waals surface area contributed by atoms with Crippen molar-refractivity contribution in [1.82, 2.24) is 14.9 Å². The fraction of sp³-hybridized carbons (Fsp3) is 0.667. The number of nitrogens with zero attached hydrogens (tertiary/aromatic N) is 2. The molecule has 0 atom stereocenters. The Morgan fingerprint density at radius 3 is 2.67 bits per heavy atom. The van der Waals surface area contributed by atoms with E-state index in [1.54, 1.807) is 6.33 Å². The molecule has 0 aliphatic heterocycles. The minimum Gasteiger partial charge on any atom is -0.348 e. The molecule has 0 aliphatic rings. The summed E-state index contributed by atoms with van der Waals surface area (Å²) in [5, 5.41) is 0. The number of likely N-dealkylation sites (N-methyl/N-ethyl adjacent to an activating group) is 1. The molecule has 0 amide bonds. The van der Waals surface area contributed by atoms with Crippen LogP contribution in [0.15, 0.2) is 12.5 Å². The molecule has 3 heteroatoms. The molecule has 3 nitrogen and oxygen atoms in total. The molecular weight excluding hydrogens is 150 g/mol. The lowest BCUT2D eigenvalue weighted by molar-refractivity contribution is 0.307. The van der Waals surface area contributed by atoms with E-state index >= 15 is 0 Å². The third-order valence-corrected chi connectivity index (χ3v) is 2.15. The molecule has 0 spiro atoms. The first-order valence-corrected chi connectivity index (χ1v) is 4.56. The van der Waals surface area contributed by atoms with Crippen LogP contribution in [0.4, 0.5) is 0 Å². The minimum absolute atomic E-state index is 1.07. The molecule has 1 N–H and O–H groups in total. The van der Waals surface area contributed by atoms with Crippen LogP contribution in [0.2, 0.25) is 0 Å². The van der Waals surface area contributed by atoms with E-state index in [2.05, 4.69) is 28.7 Å². The SMILES string of the molecule is CCN(CC)CCc1cnc[nH]1. The first kappa shape index (κ1) is 9.26. The van der Waals surface area contributed by atoms with Crippen LogP contribution in [-0.2, 0) is 6.42 Å². The average molecular weight is 167 g/mol.